The fourth-order valence-electron chi connectivity index (χ4n) is 3.08. The topological polar surface area (TPSA) is 106 Å². The van der Waals surface area contributed by atoms with Crippen molar-refractivity contribution in [2.75, 3.05) is 16.4 Å². The summed E-state index contributed by atoms with van der Waals surface area (Å²) in [6.45, 7) is 6.31. The van der Waals surface area contributed by atoms with Crippen LogP contribution in [0.4, 0.5) is 26.5 Å². The normalized spacial score (nSPS) is 11.3. The fourth-order valence-corrected chi connectivity index (χ4v) is 4.21. The number of carbonyl (C=O) groups excluding carboxylic acids is 1. The summed E-state index contributed by atoms with van der Waals surface area (Å²) in [6.07, 6.45) is 1.61. The van der Waals surface area contributed by atoms with E-state index in [9.17, 15) is 9.18 Å². The monoisotopic (exact) mass is 462 g/mol. The average Bonchev–Trinajstić information content (AvgIpc) is 3.22. The van der Waals surface area contributed by atoms with Crippen molar-refractivity contribution >= 4 is 34.7 Å². The van der Waals surface area contributed by atoms with E-state index in [0.717, 1.165) is 15.4 Å². The standard InChI is InChI=1S/C24H23FN6OS/c1-24(2,3)21-31-19(18-11-12-27-22(26)30-18)20(33-21)14-5-4-6-17(13-14)29-23(32)28-16-9-7-15(25)8-10-16/h4-13H,1-3H3,(H2,26,27,30)(H2,28,29,32). The van der Waals surface area contributed by atoms with Gasteiger partial charge >= 0.3 is 6.03 Å². The van der Waals surface area contributed by atoms with E-state index in [1.54, 1.807) is 29.7 Å². The van der Waals surface area contributed by atoms with Crippen molar-refractivity contribution < 1.29 is 9.18 Å². The van der Waals surface area contributed by atoms with Gasteiger partial charge in [0.2, 0.25) is 5.95 Å². The Hall–Kier alpha value is -3.85. The second-order valence-electron chi connectivity index (χ2n) is 8.41. The largest absolute Gasteiger partial charge is 0.368 e. The summed E-state index contributed by atoms with van der Waals surface area (Å²) in [5, 5.41) is 6.46. The Bertz CT molecular complexity index is 1300. The van der Waals surface area contributed by atoms with E-state index in [1.165, 1.54) is 24.3 Å². The minimum absolute atomic E-state index is 0.152. The van der Waals surface area contributed by atoms with Gasteiger partial charge in [-0.3, -0.25) is 0 Å². The summed E-state index contributed by atoms with van der Waals surface area (Å²) in [4.78, 5) is 26.5. The van der Waals surface area contributed by atoms with Crippen molar-refractivity contribution in [3.63, 3.8) is 0 Å². The van der Waals surface area contributed by atoms with Crippen molar-refractivity contribution in [1.82, 2.24) is 15.0 Å². The van der Waals surface area contributed by atoms with Crippen LogP contribution >= 0.6 is 11.3 Å². The molecule has 0 fully saturated rings. The Balaban J connectivity index is 1.65. The molecule has 0 aliphatic heterocycles. The van der Waals surface area contributed by atoms with Gasteiger partial charge in [-0.25, -0.2) is 24.1 Å². The molecule has 0 saturated heterocycles. The highest BCUT2D eigenvalue weighted by Gasteiger charge is 2.24. The number of nitrogens with one attached hydrogen (secondary N) is 2. The van der Waals surface area contributed by atoms with Gasteiger partial charge in [0.25, 0.3) is 0 Å². The molecule has 2 heterocycles. The molecule has 0 saturated carbocycles. The van der Waals surface area contributed by atoms with Crippen molar-refractivity contribution in [2.45, 2.75) is 26.2 Å². The smallest absolute Gasteiger partial charge is 0.323 e. The molecule has 0 bridgehead atoms. The lowest BCUT2D eigenvalue weighted by molar-refractivity contribution is 0.262. The van der Waals surface area contributed by atoms with E-state index in [4.69, 9.17) is 10.7 Å². The van der Waals surface area contributed by atoms with E-state index < -0.39 is 6.03 Å². The second kappa shape index (κ2) is 8.95. The number of thiazole rings is 1. The lowest BCUT2D eigenvalue weighted by Crippen LogP contribution is -2.19. The third-order valence-electron chi connectivity index (χ3n) is 4.67. The van der Waals surface area contributed by atoms with Crippen LogP contribution < -0.4 is 16.4 Å². The van der Waals surface area contributed by atoms with E-state index in [-0.39, 0.29) is 17.2 Å². The number of urea groups is 1. The third kappa shape index (κ3) is 5.32. The average molecular weight is 463 g/mol. The Morgan fingerprint density at radius 1 is 1.00 bits per heavy atom. The van der Waals surface area contributed by atoms with Gasteiger partial charge in [0.05, 0.1) is 15.6 Å². The number of amides is 2. The summed E-state index contributed by atoms with van der Waals surface area (Å²) in [7, 11) is 0. The van der Waals surface area contributed by atoms with Gasteiger partial charge < -0.3 is 16.4 Å². The summed E-state index contributed by atoms with van der Waals surface area (Å²) in [5.41, 5.74) is 8.98. The molecule has 168 valence electrons. The van der Waals surface area contributed by atoms with Gasteiger partial charge in [0.1, 0.15) is 11.5 Å². The molecular weight excluding hydrogens is 439 g/mol. The summed E-state index contributed by atoms with van der Waals surface area (Å²) >= 11 is 1.58. The number of aromatic nitrogens is 3. The highest BCUT2D eigenvalue weighted by Crippen LogP contribution is 2.40. The fraction of sp³-hybridized carbons (Fsp3) is 0.167. The maximum Gasteiger partial charge on any atom is 0.323 e. The Labute approximate surface area is 194 Å². The predicted molar refractivity (Wildman–Crippen MR) is 131 cm³/mol. The van der Waals surface area contributed by atoms with Gasteiger partial charge in [-0.05, 0) is 48.0 Å². The molecule has 33 heavy (non-hydrogen) atoms. The molecule has 0 radical (unpaired) electrons. The molecule has 2 amide bonds. The predicted octanol–water partition coefficient (Wildman–Crippen LogP) is 5.93. The number of carbonyl (C=O) groups is 1. The number of nitrogens with zero attached hydrogens (tertiary/aromatic N) is 3. The van der Waals surface area contributed by atoms with Gasteiger partial charge in [-0.15, -0.1) is 11.3 Å². The van der Waals surface area contributed by atoms with Gasteiger partial charge in [-0.2, -0.15) is 0 Å². The molecule has 0 aliphatic rings. The number of benzene rings is 2. The zero-order valence-corrected chi connectivity index (χ0v) is 19.2. The summed E-state index contributed by atoms with van der Waals surface area (Å²) in [6, 6.07) is 14.4. The maximum absolute atomic E-state index is 13.1. The number of rotatable bonds is 4. The van der Waals surface area contributed by atoms with Crippen molar-refractivity contribution in [3.8, 4) is 21.8 Å². The van der Waals surface area contributed by atoms with Gasteiger partial charge in [0, 0.05) is 23.0 Å². The molecule has 4 aromatic rings. The Morgan fingerprint density at radius 3 is 2.42 bits per heavy atom. The van der Waals surface area contributed by atoms with E-state index in [2.05, 4.69) is 41.4 Å². The summed E-state index contributed by atoms with van der Waals surface area (Å²) < 4.78 is 13.1. The molecular formula is C24H23FN6OS. The minimum Gasteiger partial charge on any atom is -0.368 e. The molecule has 4 rings (SSSR count). The van der Waals surface area contributed by atoms with E-state index >= 15 is 0 Å². The third-order valence-corrected chi connectivity index (χ3v) is 6.20. The van der Waals surface area contributed by atoms with Crippen LogP contribution in [0.25, 0.3) is 21.8 Å². The molecule has 0 unspecified atom stereocenters. The van der Waals surface area contributed by atoms with Gasteiger partial charge in [0.15, 0.2) is 0 Å². The number of hydrogen-bond acceptors (Lipinski definition) is 6. The number of halogens is 1. The van der Waals surface area contributed by atoms with Crippen molar-refractivity contribution in [1.29, 1.82) is 0 Å². The summed E-state index contributed by atoms with van der Waals surface area (Å²) in [5.74, 6) is -0.189. The number of nitrogen functional groups attached to an aromatic ring is 1. The highest BCUT2D eigenvalue weighted by atomic mass is 32.1. The first-order valence-corrected chi connectivity index (χ1v) is 11.0. The lowest BCUT2D eigenvalue weighted by atomic mass is 9.98. The molecule has 4 N–H and O–H groups in total. The highest BCUT2D eigenvalue weighted by molar-refractivity contribution is 7.15. The molecule has 0 aliphatic carbocycles. The zero-order chi connectivity index (χ0) is 23.6. The second-order valence-corrected chi connectivity index (χ2v) is 9.41. The SMILES string of the molecule is CC(C)(C)c1nc(-c2ccnc(N)n2)c(-c2cccc(NC(=O)Nc3ccc(F)cc3)c2)s1. The first kappa shape index (κ1) is 22.3. The number of anilines is 3. The minimum atomic E-state index is -0.428. The number of nitrogens with two attached hydrogens (primary N) is 1. The van der Waals surface area contributed by atoms with E-state index in [1.807, 2.05) is 18.2 Å². The first-order chi connectivity index (χ1) is 15.7. The Morgan fingerprint density at radius 2 is 1.73 bits per heavy atom. The van der Waals surface area contributed by atoms with Crippen LogP contribution in [0.2, 0.25) is 0 Å². The van der Waals surface area contributed by atoms with Gasteiger partial charge in [-0.1, -0.05) is 32.9 Å². The zero-order valence-electron chi connectivity index (χ0n) is 18.4. The Kier molecular flexibility index (Phi) is 6.06. The molecule has 2 aromatic heterocycles. The molecule has 0 atom stereocenters. The number of hydrogen-bond donors (Lipinski definition) is 3. The van der Waals surface area contributed by atoms with Crippen molar-refractivity contribution in [2.24, 2.45) is 0 Å². The lowest BCUT2D eigenvalue weighted by Gasteiger charge is -2.13. The molecule has 7 nitrogen and oxygen atoms in total. The van der Waals surface area contributed by atoms with Crippen LogP contribution in [0, 0.1) is 5.82 Å². The molecule has 0 spiro atoms. The van der Waals surface area contributed by atoms with Crippen LogP contribution in [-0.4, -0.2) is 21.0 Å². The maximum atomic E-state index is 13.1. The van der Waals surface area contributed by atoms with Crippen LogP contribution in [0.3, 0.4) is 0 Å². The van der Waals surface area contributed by atoms with Crippen LogP contribution in [0.1, 0.15) is 25.8 Å². The quantitative estimate of drug-likeness (QED) is 0.349. The first-order valence-electron chi connectivity index (χ1n) is 10.2. The molecule has 2 aromatic carbocycles. The van der Waals surface area contributed by atoms with Crippen LogP contribution in [0.5, 0.6) is 0 Å². The van der Waals surface area contributed by atoms with Crippen LogP contribution in [0.15, 0.2) is 60.8 Å². The van der Waals surface area contributed by atoms with E-state index in [0.29, 0.717) is 22.8 Å². The van der Waals surface area contributed by atoms with Crippen LogP contribution in [-0.2, 0) is 5.41 Å². The van der Waals surface area contributed by atoms with Crippen molar-refractivity contribution in [3.05, 3.63) is 71.6 Å². The molecule has 9 heteroatoms.